The molecule has 1 fully saturated rings. The maximum absolute atomic E-state index is 12.3. The van der Waals surface area contributed by atoms with Crippen molar-refractivity contribution in [3.8, 4) is 11.5 Å². The van der Waals surface area contributed by atoms with Gasteiger partial charge in [-0.05, 0) is 37.0 Å². The second-order valence-corrected chi connectivity index (χ2v) is 7.28. The lowest BCUT2D eigenvalue weighted by atomic mass is 10.1. The minimum atomic E-state index is -4.43. The Morgan fingerprint density at radius 3 is 2.40 bits per heavy atom. The molecule has 0 aliphatic carbocycles. The van der Waals surface area contributed by atoms with Gasteiger partial charge in [0.05, 0.1) is 7.11 Å². The standard InChI is InChI=1S/C21H29F3N2O4/c1-29-18-14-16(6-8-17(18)30-15-21(22,23)24)7-9-19(27)25-11-10-20(28)26-12-4-2-3-5-13-26/h6,8,14H,2-5,7,9-13,15H2,1H3,(H,25,27). The second-order valence-electron chi connectivity index (χ2n) is 7.28. The van der Waals surface area contributed by atoms with Crippen LogP contribution in [0.3, 0.4) is 0 Å². The number of carbonyl (C=O) groups is 2. The van der Waals surface area contributed by atoms with Gasteiger partial charge in [-0.3, -0.25) is 9.59 Å². The van der Waals surface area contributed by atoms with E-state index in [1.54, 1.807) is 12.1 Å². The van der Waals surface area contributed by atoms with Crippen molar-refractivity contribution in [2.24, 2.45) is 0 Å². The predicted molar refractivity (Wildman–Crippen MR) is 106 cm³/mol. The smallest absolute Gasteiger partial charge is 0.422 e. The predicted octanol–water partition coefficient (Wildman–Crippen LogP) is 3.48. The maximum Gasteiger partial charge on any atom is 0.422 e. The van der Waals surface area contributed by atoms with Crippen molar-refractivity contribution in [3.63, 3.8) is 0 Å². The Morgan fingerprint density at radius 2 is 1.77 bits per heavy atom. The van der Waals surface area contributed by atoms with Crippen molar-refractivity contribution in [3.05, 3.63) is 23.8 Å². The SMILES string of the molecule is COc1cc(CCC(=O)NCCC(=O)N2CCCCCC2)ccc1OCC(F)(F)F. The first-order valence-electron chi connectivity index (χ1n) is 10.2. The molecule has 0 aromatic heterocycles. The van der Waals surface area contributed by atoms with E-state index in [0.717, 1.165) is 44.3 Å². The van der Waals surface area contributed by atoms with E-state index in [1.165, 1.54) is 13.2 Å². The van der Waals surface area contributed by atoms with E-state index in [1.807, 2.05) is 4.90 Å². The van der Waals surface area contributed by atoms with E-state index in [-0.39, 0.29) is 36.2 Å². The van der Waals surface area contributed by atoms with Gasteiger partial charge in [0.25, 0.3) is 0 Å². The zero-order valence-corrected chi connectivity index (χ0v) is 17.2. The molecule has 0 saturated carbocycles. The molecule has 1 aliphatic heterocycles. The van der Waals surface area contributed by atoms with Crippen molar-refractivity contribution in [1.82, 2.24) is 10.2 Å². The molecule has 1 aromatic rings. The second kappa shape index (κ2) is 11.7. The van der Waals surface area contributed by atoms with Crippen molar-refractivity contribution in [2.75, 3.05) is 33.4 Å². The summed E-state index contributed by atoms with van der Waals surface area (Å²) in [6.07, 6.45) is 0.803. The monoisotopic (exact) mass is 430 g/mol. The summed E-state index contributed by atoms with van der Waals surface area (Å²) in [6, 6.07) is 4.56. The van der Waals surface area contributed by atoms with Crippen LogP contribution >= 0.6 is 0 Å². The van der Waals surface area contributed by atoms with E-state index in [9.17, 15) is 22.8 Å². The fourth-order valence-electron chi connectivity index (χ4n) is 3.28. The summed E-state index contributed by atoms with van der Waals surface area (Å²) in [4.78, 5) is 26.1. The third-order valence-electron chi connectivity index (χ3n) is 4.88. The number of nitrogens with one attached hydrogen (secondary N) is 1. The first kappa shape index (κ1) is 23.8. The molecule has 1 saturated heterocycles. The number of rotatable bonds is 9. The van der Waals surface area contributed by atoms with Gasteiger partial charge >= 0.3 is 6.18 Å². The summed E-state index contributed by atoms with van der Waals surface area (Å²) in [6.45, 7) is 0.470. The van der Waals surface area contributed by atoms with Gasteiger partial charge < -0.3 is 19.7 Å². The van der Waals surface area contributed by atoms with Gasteiger partial charge in [-0.1, -0.05) is 18.9 Å². The number of likely N-dealkylation sites (tertiary alicyclic amines) is 1. The van der Waals surface area contributed by atoms with Crippen LogP contribution in [0.1, 0.15) is 44.1 Å². The van der Waals surface area contributed by atoms with E-state index in [0.29, 0.717) is 13.0 Å². The average Bonchev–Trinajstić information content (AvgIpc) is 3.00. The van der Waals surface area contributed by atoms with Crippen molar-refractivity contribution >= 4 is 11.8 Å². The van der Waals surface area contributed by atoms with Crippen LogP contribution in [-0.2, 0) is 16.0 Å². The van der Waals surface area contributed by atoms with E-state index >= 15 is 0 Å². The van der Waals surface area contributed by atoms with Crippen LogP contribution in [0.4, 0.5) is 13.2 Å². The zero-order valence-electron chi connectivity index (χ0n) is 17.2. The number of benzene rings is 1. The van der Waals surface area contributed by atoms with Gasteiger partial charge in [-0.25, -0.2) is 0 Å². The normalized spacial score (nSPS) is 14.7. The number of nitrogens with zero attached hydrogens (tertiary/aromatic N) is 1. The Bertz CT molecular complexity index is 702. The lowest BCUT2D eigenvalue weighted by Gasteiger charge is -2.20. The number of aryl methyl sites for hydroxylation is 1. The number of halogens is 3. The molecule has 0 radical (unpaired) electrons. The first-order valence-corrected chi connectivity index (χ1v) is 10.2. The molecule has 30 heavy (non-hydrogen) atoms. The highest BCUT2D eigenvalue weighted by atomic mass is 19.4. The number of methoxy groups -OCH3 is 1. The molecule has 0 spiro atoms. The average molecular weight is 430 g/mol. The van der Waals surface area contributed by atoms with Crippen LogP contribution in [0.25, 0.3) is 0 Å². The third-order valence-corrected chi connectivity index (χ3v) is 4.88. The number of carbonyl (C=O) groups excluding carboxylic acids is 2. The molecule has 6 nitrogen and oxygen atoms in total. The van der Waals surface area contributed by atoms with Crippen LogP contribution in [0.2, 0.25) is 0 Å². The molecule has 1 heterocycles. The molecular weight excluding hydrogens is 401 g/mol. The Morgan fingerprint density at radius 1 is 1.07 bits per heavy atom. The highest BCUT2D eigenvalue weighted by Gasteiger charge is 2.29. The van der Waals surface area contributed by atoms with Crippen LogP contribution in [-0.4, -0.2) is 56.2 Å². The molecule has 0 unspecified atom stereocenters. The molecule has 2 rings (SSSR count). The molecule has 9 heteroatoms. The summed E-state index contributed by atoms with van der Waals surface area (Å²) >= 11 is 0. The number of amides is 2. The third kappa shape index (κ3) is 8.51. The fraction of sp³-hybridized carbons (Fsp3) is 0.619. The highest BCUT2D eigenvalue weighted by molar-refractivity contribution is 5.79. The van der Waals surface area contributed by atoms with Crippen LogP contribution in [0, 0.1) is 0 Å². The maximum atomic E-state index is 12.3. The van der Waals surface area contributed by atoms with Crippen LogP contribution in [0.15, 0.2) is 18.2 Å². The minimum absolute atomic E-state index is 0.00458. The Balaban J connectivity index is 1.73. The fourth-order valence-corrected chi connectivity index (χ4v) is 3.28. The molecule has 1 aromatic carbocycles. The molecule has 0 atom stereocenters. The summed E-state index contributed by atoms with van der Waals surface area (Å²) in [5.41, 5.74) is 0.738. The summed E-state index contributed by atoms with van der Waals surface area (Å²) in [5.74, 6) is 0.0571. The van der Waals surface area contributed by atoms with Crippen molar-refractivity contribution < 1.29 is 32.2 Å². The summed E-state index contributed by atoms with van der Waals surface area (Å²) < 4.78 is 46.7. The zero-order chi connectivity index (χ0) is 22.0. The Kier molecular flexibility index (Phi) is 9.26. The lowest BCUT2D eigenvalue weighted by molar-refractivity contribution is -0.153. The Labute approximate surface area is 174 Å². The van der Waals surface area contributed by atoms with Crippen molar-refractivity contribution in [1.29, 1.82) is 0 Å². The molecular formula is C21H29F3N2O4. The Hall–Kier alpha value is -2.45. The molecule has 2 amide bonds. The highest BCUT2D eigenvalue weighted by Crippen LogP contribution is 2.30. The van der Waals surface area contributed by atoms with E-state index in [4.69, 9.17) is 9.47 Å². The number of alkyl halides is 3. The van der Waals surface area contributed by atoms with Gasteiger partial charge in [0.2, 0.25) is 11.8 Å². The van der Waals surface area contributed by atoms with Gasteiger partial charge in [0.15, 0.2) is 18.1 Å². The first-order chi connectivity index (χ1) is 14.3. The van der Waals surface area contributed by atoms with Crippen molar-refractivity contribution in [2.45, 2.75) is 51.1 Å². The van der Waals surface area contributed by atoms with Gasteiger partial charge in [-0.2, -0.15) is 13.2 Å². The summed E-state index contributed by atoms with van der Waals surface area (Å²) in [7, 11) is 1.34. The van der Waals surface area contributed by atoms with Crippen LogP contribution < -0.4 is 14.8 Å². The minimum Gasteiger partial charge on any atom is -0.493 e. The van der Waals surface area contributed by atoms with Crippen LogP contribution in [0.5, 0.6) is 11.5 Å². The molecule has 1 N–H and O–H groups in total. The number of hydrogen-bond donors (Lipinski definition) is 1. The molecule has 168 valence electrons. The molecule has 1 aliphatic rings. The van der Waals surface area contributed by atoms with E-state index in [2.05, 4.69) is 5.32 Å². The largest absolute Gasteiger partial charge is 0.493 e. The summed E-state index contributed by atoms with van der Waals surface area (Å²) in [5, 5.41) is 2.75. The van der Waals surface area contributed by atoms with E-state index < -0.39 is 12.8 Å². The van der Waals surface area contributed by atoms with Gasteiger partial charge in [0.1, 0.15) is 0 Å². The number of ether oxygens (including phenoxy) is 2. The molecule has 0 bridgehead atoms. The lowest BCUT2D eigenvalue weighted by Crippen LogP contribution is -2.35. The van der Waals surface area contributed by atoms with Gasteiger partial charge in [-0.15, -0.1) is 0 Å². The number of hydrogen-bond acceptors (Lipinski definition) is 4. The quantitative estimate of drug-likeness (QED) is 0.651. The van der Waals surface area contributed by atoms with Gasteiger partial charge in [0, 0.05) is 32.5 Å². The topological polar surface area (TPSA) is 67.9 Å².